The number of pyridine rings is 1. The first-order valence-electron chi connectivity index (χ1n) is 3.96. The zero-order valence-corrected chi connectivity index (χ0v) is 8.38. The van der Waals surface area contributed by atoms with Crippen molar-refractivity contribution in [1.82, 2.24) is 10.3 Å². The number of amidine groups is 1. The molecule has 0 amide bonds. The van der Waals surface area contributed by atoms with Gasteiger partial charge in [0.15, 0.2) is 0 Å². The van der Waals surface area contributed by atoms with Crippen LogP contribution in [0, 0.1) is 5.41 Å². The number of nitrogens with zero attached hydrogens (tertiary/aromatic N) is 1. The molecule has 0 saturated heterocycles. The summed E-state index contributed by atoms with van der Waals surface area (Å²) in [5, 5.41) is 18.4. The highest BCUT2D eigenvalue weighted by molar-refractivity contribution is 6.32. The Morgan fingerprint density at radius 3 is 3.00 bits per heavy atom. The van der Waals surface area contributed by atoms with E-state index in [1.807, 2.05) is 0 Å². The van der Waals surface area contributed by atoms with Gasteiger partial charge in [-0.1, -0.05) is 11.6 Å². The monoisotopic (exact) mass is 228 g/mol. The third-order valence-electron chi connectivity index (χ3n) is 1.55. The number of aromatic nitrogens is 1. The van der Waals surface area contributed by atoms with Crippen molar-refractivity contribution in [3.63, 3.8) is 0 Å². The number of anilines is 1. The Morgan fingerprint density at radius 1 is 1.73 bits per heavy atom. The van der Waals surface area contributed by atoms with Crippen LogP contribution in [0.3, 0.4) is 0 Å². The summed E-state index contributed by atoms with van der Waals surface area (Å²) in [6.45, 7) is -0.357. The maximum atomic E-state index is 10.3. The lowest BCUT2D eigenvalue weighted by molar-refractivity contribution is -0.135. The summed E-state index contributed by atoms with van der Waals surface area (Å²) >= 11 is 5.71. The highest BCUT2D eigenvalue weighted by atomic mass is 35.5. The molecule has 1 aromatic rings. The number of carbonyl (C=O) groups is 1. The van der Waals surface area contributed by atoms with Crippen molar-refractivity contribution < 1.29 is 9.90 Å². The van der Waals surface area contributed by atoms with E-state index in [1.54, 1.807) is 0 Å². The van der Waals surface area contributed by atoms with Crippen molar-refractivity contribution >= 4 is 29.1 Å². The fourth-order valence-corrected chi connectivity index (χ4v) is 1.10. The van der Waals surface area contributed by atoms with Crippen molar-refractivity contribution in [2.75, 3.05) is 12.3 Å². The molecule has 6 nitrogen and oxygen atoms in total. The number of halogens is 1. The molecule has 80 valence electrons. The predicted octanol–water partition coefficient (Wildman–Crippen LogP) is 0.317. The normalized spacial score (nSPS) is 9.67. The minimum absolute atomic E-state index is 0.104. The first-order chi connectivity index (χ1) is 7.00. The fraction of sp³-hybridized carbons (Fsp3) is 0.125. The van der Waals surface area contributed by atoms with Gasteiger partial charge in [-0.15, -0.1) is 0 Å². The predicted molar refractivity (Wildman–Crippen MR) is 56.1 cm³/mol. The maximum Gasteiger partial charge on any atom is 0.322 e. The molecule has 15 heavy (non-hydrogen) atoms. The fourth-order valence-electron chi connectivity index (χ4n) is 0.899. The van der Waals surface area contributed by atoms with Gasteiger partial charge in [-0.2, -0.15) is 0 Å². The largest absolute Gasteiger partial charge is 0.480 e. The highest BCUT2D eigenvalue weighted by Crippen LogP contribution is 2.14. The molecule has 0 fully saturated rings. The maximum absolute atomic E-state index is 10.3. The van der Waals surface area contributed by atoms with Crippen molar-refractivity contribution in [2.45, 2.75) is 0 Å². The average molecular weight is 229 g/mol. The van der Waals surface area contributed by atoms with Gasteiger partial charge >= 0.3 is 5.97 Å². The van der Waals surface area contributed by atoms with Crippen LogP contribution >= 0.6 is 11.6 Å². The Bertz CT molecular complexity index is 408. The molecular formula is C8H9ClN4O2. The standard InChI is InChI=1S/C8H9ClN4O2/c9-7-5(1-4(10)2-12-7)8(11)13-3-6(14)15/h1-2H,3,10H2,(H2,11,13)(H,14,15). The lowest BCUT2D eigenvalue weighted by atomic mass is 10.2. The van der Waals surface area contributed by atoms with Crippen LogP contribution in [0.5, 0.6) is 0 Å². The molecule has 0 aliphatic carbocycles. The Morgan fingerprint density at radius 2 is 2.40 bits per heavy atom. The summed E-state index contributed by atoms with van der Waals surface area (Å²) in [5.41, 5.74) is 6.09. The zero-order valence-electron chi connectivity index (χ0n) is 7.62. The van der Waals surface area contributed by atoms with E-state index >= 15 is 0 Å². The topological polar surface area (TPSA) is 112 Å². The molecule has 1 rings (SSSR count). The summed E-state index contributed by atoms with van der Waals surface area (Å²) in [5.74, 6) is -1.19. The van der Waals surface area contributed by atoms with Crippen molar-refractivity contribution in [3.8, 4) is 0 Å². The van der Waals surface area contributed by atoms with Gasteiger partial charge in [0, 0.05) is 0 Å². The number of carboxylic acid groups (broad SMARTS) is 1. The third-order valence-corrected chi connectivity index (χ3v) is 1.85. The molecule has 0 radical (unpaired) electrons. The quantitative estimate of drug-likeness (QED) is 0.338. The van der Waals surface area contributed by atoms with Gasteiger partial charge in [0.05, 0.1) is 17.4 Å². The van der Waals surface area contributed by atoms with Gasteiger partial charge in [0.1, 0.15) is 17.5 Å². The molecule has 0 unspecified atom stereocenters. The minimum atomic E-state index is -1.06. The van der Waals surface area contributed by atoms with E-state index in [0.29, 0.717) is 5.69 Å². The van der Waals surface area contributed by atoms with E-state index in [9.17, 15) is 4.79 Å². The van der Waals surface area contributed by atoms with Crippen molar-refractivity contribution in [2.24, 2.45) is 0 Å². The number of rotatable bonds is 3. The Kier molecular flexibility index (Phi) is 3.46. The number of hydrogen-bond acceptors (Lipinski definition) is 4. The molecule has 7 heteroatoms. The van der Waals surface area contributed by atoms with Gasteiger partial charge in [-0.05, 0) is 6.07 Å². The van der Waals surface area contributed by atoms with Crippen LogP contribution in [0.15, 0.2) is 12.3 Å². The van der Waals surface area contributed by atoms with Gasteiger partial charge in [-0.3, -0.25) is 10.2 Å². The summed E-state index contributed by atoms with van der Waals surface area (Å²) in [6.07, 6.45) is 1.36. The van der Waals surface area contributed by atoms with Gasteiger partial charge in [0.25, 0.3) is 0 Å². The molecular weight excluding hydrogens is 220 g/mol. The molecule has 0 aliphatic heterocycles. The zero-order chi connectivity index (χ0) is 11.4. The third kappa shape index (κ3) is 3.10. The van der Waals surface area contributed by atoms with Crippen molar-refractivity contribution in [1.29, 1.82) is 5.41 Å². The van der Waals surface area contributed by atoms with Crippen LogP contribution in [0.4, 0.5) is 5.69 Å². The number of nitrogen functional groups attached to an aromatic ring is 1. The highest BCUT2D eigenvalue weighted by Gasteiger charge is 2.09. The van der Waals surface area contributed by atoms with Gasteiger partial charge < -0.3 is 16.2 Å². The van der Waals surface area contributed by atoms with E-state index in [-0.39, 0.29) is 23.1 Å². The first-order valence-corrected chi connectivity index (χ1v) is 4.34. The molecule has 1 heterocycles. The molecule has 1 aromatic heterocycles. The second-order valence-corrected chi connectivity index (χ2v) is 3.09. The van der Waals surface area contributed by atoms with Crippen LogP contribution < -0.4 is 11.1 Å². The molecule has 0 bridgehead atoms. The van der Waals surface area contributed by atoms with E-state index in [2.05, 4.69) is 10.3 Å². The molecule has 0 atom stereocenters. The smallest absolute Gasteiger partial charge is 0.322 e. The SMILES string of the molecule is N=C(NCC(=O)O)c1cc(N)cnc1Cl. The number of hydrogen-bond donors (Lipinski definition) is 4. The summed E-state index contributed by atoms with van der Waals surface area (Å²) in [7, 11) is 0. The molecule has 0 aliphatic rings. The molecule has 5 N–H and O–H groups in total. The van der Waals surface area contributed by atoms with E-state index in [0.717, 1.165) is 0 Å². The Hall–Kier alpha value is -1.82. The summed E-state index contributed by atoms with van der Waals surface area (Å²) in [6, 6.07) is 1.45. The van der Waals surface area contributed by atoms with Crippen LogP contribution in [-0.2, 0) is 4.79 Å². The Labute approximate surface area is 90.6 Å². The average Bonchev–Trinajstić information content (AvgIpc) is 2.18. The number of nitrogens with one attached hydrogen (secondary N) is 2. The van der Waals surface area contributed by atoms with Gasteiger partial charge in [0.2, 0.25) is 0 Å². The minimum Gasteiger partial charge on any atom is -0.480 e. The van der Waals surface area contributed by atoms with E-state index in [4.69, 9.17) is 27.9 Å². The van der Waals surface area contributed by atoms with Gasteiger partial charge in [-0.25, -0.2) is 4.98 Å². The first kappa shape index (κ1) is 11.3. The molecule has 0 aromatic carbocycles. The summed E-state index contributed by atoms with van der Waals surface area (Å²) in [4.78, 5) is 14.0. The lowest BCUT2D eigenvalue weighted by Crippen LogP contribution is -2.29. The summed E-state index contributed by atoms with van der Waals surface area (Å²) < 4.78 is 0. The number of carboxylic acids is 1. The van der Waals surface area contributed by atoms with Crippen molar-refractivity contribution in [3.05, 3.63) is 23.0 Å². The van der Waals surface area contributed by atoms with E-state index < -0.39 is 5.97 Å². The van der Waals surface area contributed by atoms with Crippen LogP contribution in [-0.4, -0.2) is 28.4 Å². The molecule has 0 spiro atoms. The van der Waals surface area contributed by atoms with E-state index in [1.165, 1.54) is 12.3 Å². The van der Waals surface area contributed by atoms with Crippen LogP contribution in [0.25, 0.3) is 0 Å². The lowest BCUT2D eigenvalue weighted by Gasteiger charge is -2.07. The number of aliphatic carboxylic acids is 1. The molecule has 0 saturated carbocycles. The van der Waals surface area contributed by atoms with Crippen LogP contribution in [0.2, 0.25) is 5.15 Å². The Balaban J connectivity index is 2.81. The van der Waals surface area contributed by atoms with Crippen LogP contribution in [0.1, 0.15) is 5.56 Å². The second kappa shape index (κ2) is 4.61. The number of nitrogens with two attached hydrogens (primary N) is 1. The second-order valence-electron chi connectivity index (χ2n) is 2.73.